The zero-order valence-corrected chi connectivity index (χ0v) is 18.3. The minimum atomic E-state index is -1.26. The van der Waals surface area contributed by atoms with Gasteiger partial charge in [0, 0.05) is 13.0 Å². The molecule has 0 aliphatic carbocycles. The molecule has 2 atom stereocenters. The Balaban J connectivity index is 2.97. The summed E-state index contributed by atoms with van der Waals surface area (Å²) >= 11 is 0. The lowest BCUT2D eigenvalue weighted by atomic mass is 10.0. The van der Waals surface area contributed by atoms with Crippen molar-refractivity contribution in [1.82, 2.24) is 10.6 Å². The minimum Gasteiger partial charge on any atom is -0.504 e. The van der Waals surface area contributed by atoms with E-state index < -0.39 is 41.4 Å². The number of aliphatic imine (C=N–C) groups is 1. The van der Waals surface area contributed by atoms with E-state index in [4.69, 9.17) is 16.2 Å². The van der Waals surface area contributed by atoms with Gasteiger partial charge in [-0.05, 0) is 51.3 Å². The lowest BCUT2D eigenvalue weighted by molar-refractivity contribution is -0.142. The van der Waals surface area contributed by atoms with Crippen molar-refractivity contribution in [3.05, 3.63) is 23.8 Å². The van der Waals surface area contributed by atoms with E-state index in [2.05, 4.69) is 15.6 Å². The van der Waals surface area contributed by atoms with Crippen LogP contribution in [-0.4, -0.2) is 63.5 Å². The molecule has 1 rings (SSSR count). The Morgan fingerprint density at radius 1 is 1.09 bits per heavy atom. The molecule has 32 heavy (non-hydrogen) atoms. The first-order valence-corrected chi connectivity index (χ1v) is 9.87. The van der Waals surface area contributed by atoms with Gasteiger partial charge in [0.1, 0.15) is 17.7 Å². The molecule has 1 aromatic rings. The van der Waals surface area contributed by atoms with E-state index in [1.807, 2.05) is 0 Å². The van der Waals surface area contributed by atoms with Crippen LogP contribution in [0.25, 0.3) is 0 Å². The molecule has 0 radical (unpaired) electrons. The Labute approximate surface area is 185 Å². The number of hydrogen-bond donors (Lipinski definition) is 7. The van der Waals surface area contributed by atoms with Gasteiger partial charge >= 0.3 is 12.1 Å². The normalized spacial score (nSPS) is 12.8. The first-order valence-electron chi connectivity index (χ1n) is 9.87. The van der Waals surface area contributed by atoms with Crippen LogP contribution in [-0.2, 0) is 20.7 Å². The van der Waals surface area contributed by atoms with Gasteiger partial charge in [0.05, 0.1) is 0 Å². The van der Waals surface area contributed by atoms with Crippen LogP contribution in [0.1, 0.15) is 39.2 Å². The van der Waals surface area contributed by atoms with Crippen LogP contribution >= 0.6 is 0 Å². The van der Waals surface area contributed by atoms with Crippen LogP contribution in [0.15, 0.2) is 23.2 Å². The topological polar surface area (TPSA) is 210 Å². The number of phenolic OH excluding ortho intramolecular Hbond substituents is 2. The molecule has 2 amide bonds. The van der Waals surface area contributed by atoms with Crippen LogP contribution < -0.4 is 22.1 Å². The second-order valence-corrected chi connectivity index (χ2v) is 8.07. The summed E-state index contributed by atoms with van der Waals surface area (Å²) in [6.07, 6.45) is -0.623. The SMILES string of the molecule is CC(C)(C)OC(=O)NC(Cc1ccc(O)c(O)c1)C(=O)NC(CCCN=C(N)N)C(=O)O. The number of aromatic hydroxyl groups is 2. The van der Waals surface area contributed by atoms with E-state index in [-0.39, 0.29) is 31.1 Å². The van der Waals surface area contributed by atoms with Crippen LogP contribution in [0.5, 0.6) is 11.5 Å². The number of carboxylic acids is 1. The standard InChI is InChI=1S/C20H31N5O7/c1-20(2,3)32-19(31)25-13(9-11-6-7-14(26)15(27)10-11)16(28)24-12(17(29)30)5-4-8-23-18(21)22/h6-7,10,12-13,26-27H,4-5,8-9H2,1-3H3,(H,24,28)(H,25,31)(H,29,30)(H4,21,22,23). The van der Waals surface area contributed by atoms with Crippen LogP contribution in [0.3, 0.4) is 0 Å². The highest BCUT2D eigenvalue weighted by Gasteiger charge is 2.28. The fraction of sp³-hybridized carbons (Fsp3) is 0.500. The molecule has 9 N–H and O–H groups in total. The quantitative estimate of drug-likeness (QED) is 0.111. The van der Waals surface area contributed by atoms with E-state index in [1.54, 1.807) is 20.8 Å². The number of carbonyl (C=O) groups is 3. The fourth-order valence-corrected chi connectivity index (χ4v) is 2.62. The lowest BCUT2D eigenvalue weighted by Gasteiger charge is -2.24. The van der Waals surface area contributed by atoms with Gasteiger partial charge in [0.15, 0.2) is 17.5 Å². The molecule has 12 nitrogen and oxygen atoms in total. The van der Waals surface area contributed by atoms with E-state index in [9.17, 15) is 29.7 Å². The summed E-state index contributed by atoms with van der Waals surface area (Å²) in [5, 5.41) is 33.4. The van der Waals surface area contributed by atoms with Gasteiger partial charge in [0.2, 0.25) is 5.91 Å². The fourth-order valence-electron chi connectivity index (χ4n) is 2.62. The Kier molecular flexibility index (Phi) is 9.57. The number of nitrogens with zero attached hydrogens (tertiary/aromatic N) is 1. The van der Waals surface area contributed by atoms with Crippen molar-refractivity contribution in [3.8, 4) is 11.5 Å². The average molecular weight is 453 g/mol. The second kappa shape index (κ2) is 11.6. The van der Waals surface area contributed by atoms with Crippen LogP contribution in [0.2, 0.25) is 0 Å². The van der Waals surface area contributed by atoms with Crippen molar-refractivity contribution in [2.75, 3.05) is 6.54 Å². The highest BCUT2D eigenvalue weighted by Crippen LogP contribution is 2.25. The lowest BCUT2D eigenvalue weighted by Crippen LogP contribution is -2.53. The summed E-state index contributed by atoms with van der Waals surface area (Å²) in [6.45, 7) is 5.14. The maximum atomic E-state index is 12.8. The third-order valence-electron chi connectivity index (χ3n) is 4.05. The summed E-state index contributed by atoms with van der Waals surface area (Å²) < 4.78 is 5.18. The van der Waals surface area contributed by atoms with Crippen molar-refractivity contribution in [1.29, 1.82) is 0 Å². The maximum absolute atomic E-state index is 12.8. The Morgan fingerprint density at radius 2 is 1.75 bits per heavy atom. The van der Waals surface area contributed by atoms with Gasteiger partial charge in [-0.25, -0.2) is 9.59 Å². The number of amides is 2. The summed E-state index contributed by atoms with van der Waals surface area (Å²) in [5.74, 6) is -2.90. The van der Waals surface area contributed by atoms with Gasteiger partial charge in [-0.2, -0.15) is 0 Å². The molecule has 0 bridgehead atoms. The number of carboxylic acid groups (broad SMARTS) is 1. The molecule has 12 heteroatoms. The molecule has 0 spiro atoms. The number of phenols is 2. The second-order valence-electron chi connectivity index (χ2n) is 8.07. The predicted molar refractivity (Wildman–Crippen MR) is 116 cm³/mol. The van der Waals surface area contributed by atoms with Gasteiger partial charge < -0.3 is 42.2 Å². The summed E-state index contributed by atoms with van der Waals surface area (Å²) in [6, 6.07) is 1.46. The van der Waals surface area contributed by atoms with Crippen molar-refractivity contribution >= 4 is 23.9 Å². The Hall–Kier alpha value is -3.70. The van der Waals surface area contributed by atoms with Crippen LogP contribution in [0, 0.1) is 0 Å². The average Bonchev–Trinajstić information content (AvgIpc) is 2.64. The number of nitrogens with two attached hydrogens (primary N) is 2. The van der Waals surface area contributed by atoms with E-state index >= 15 is 0 Å². The van der Waals surface area contributed by atoms with Crippen molar-refractivity contribution in [2.45, 2.75) is 57.7 Å². The van der Waals surface area contributed by atoms with Gasteiger partial charge in [0.25, 0.3) is 0 Å². The van der Waals surface area contributed by atoms with E-state index in [0.717, 1.165) is 0 Å². The van der Waals surface area contributed by atoms with Crippen LogP contribution in [0.4, 0.5) is 4.79 Å². The first-order chi connectivity index (χ1) is 14.8. The number of rotatable bonds is 10. The van der Waals surface area contributed by atoms with Gasteiger partial charge in [-0.1, -0.05) is 6.07 Å². The van der Waals surface area contributed by atoms with Crippen molar-refractivity contribution in [3.63, 3.8) is 0 Å². The first kappa shape index (κ1) is 26.3. The molecule has 0 aromatic heterocycles. The zero-order valence-electron chi connectivity index (χ0n) is 18.3. The number of carbonyl (C=O) groups excluding carboxylic acids is 2. The maximum Gasteiger partial charge on any atom is 0.408 e. The molecule has 0 heterocycles. The largest absolute Gasteiger partial charge is 0.504 e. The highest BCUT2D eigenvalue weighted by molar-refractivity contribution is 5.89. The highest BCUT2D eigenvalue weighted by atomic mass is 16.6. The molecule has 0 aliphatic rings. The number of nitrogens with one attached hydrogen (secondary N) is 2. The predicted octanol–water partition coefficient (Wildman–Crippen LogP) is 0.157. The smallest absolute Gasteiger partial charge is 0.408 e. The molecule has 2 unspecified atom stereocenters. The van der Waals surface area contributed by atoms with Crippen molar-refractivity contribution < 1.29 is 34.4 Å². The monoisotopic (exact) mass is 453 g/mol. The number of benzene rings is 1. The third kappa shape index (κ3) is 9.87. The summed E-state index contributed by atoms with van der Waals surface area (Å²) in [5.41, 5.74) is 10.0. The molecule has 0 saturated carbocycles. The molecule has 178 valence electrons. The minimum absolute atomic E-state index is 0.0526. The van der Waals surface area contributed by atoms with Crippen molar-refractivity contribution in [2.24, 2.45) is 16.5 Å². The number of guanidine groups is 1. The number of alkyl carbamates (subject to hydrolysis) is 1. The Bertz CT molecular complexity index is 847. The molecule has 1 aromatic carbocycles. The number of aliphatic carboxylic acids is 1. The molecular weight excluding hydrogens is 422 g/mol. The van der Waals surface area contributed by atoms with E-state index in [0.29, 0.717) is 12.0 Å². The zero-order chi connectivity index (χ0) is 24.5. The number of ether oxygens (including phenoxy) is 1. The summed E-state index contributed by atoms with van der Waals surface area (Å²) in [4.78, 5) is 40.4. The summed E-state index contributed by atoms with van der Waals surface area (Å²) in [7, 11) is 0. The third-order valence-corrected chi connectivity index (χ3v) is 4.05. The molecule has 0 fully saturated rings. The van der Waals surface area contributed by atoms with Gasteiger partial charge in [-0.3, -0.25) is 9.79 Å². The number of hydrogen-bond acceptors (Lipinski definition) is 7. The molecule has 0 saturated heterocycles. The van der Waals surface area contributed by atoms with E-state index in [1.165, 1.54) is 18.2 Å². The molecular formula is C20H31N5O7. The van der Waals surface area contributed by atoms with Gasteiger partial charge in [-0.15, -0.1) is 0 Å². The molecule has 0 aliphatic heterocycles. The Morgan fingerprint density at radius 3 is 2.28 bits per heavy atom.